The lowest BCUT2D eigenvalue weighted by Gasteiger charge is -2.27. The lowest BCUT2D eigenvalue weighted by Crippen LogP contribution is -2.54. The maximum absolute atomic E-state index is 13.2. The Balaban J connectivity index is 0.903. The normalized spacial score (nSPS) is 15.9. The smallest absolute Gasteiger partial charge is 0.266 e. The molecule has 1 unspecified atom stereocenters. The number of anilines is 3. The Morgan fingerprint density at radius 2 is 1.77 bits per heavy atom. The number of aliphatic hydroxyl groups is 1. The number of unbranched alkanes of at least 4 members (excludes halogenated alkanes) is 4. The number of piperidine rings is 1. The van der Waals surface area contributed by atoms with E-state index < -0.39 is 29.7 Å². The predicted molar refractivity (Wildman–Crippen MR) is 208 cm³/mol. The summed E-state index contributed by atoms with van der Waals surface area (Å²) in [4.78, 5) is 73.1. The van der Waals surface area contributed by atoms with Crippen LogP contribution in [0.15, 0.2) is 48.7 Å². The van der Waals surface area contributed by atoms with Crippen LogP contribution < -0.4 is 26.0 Å². The lowest BCUT2D eigenvalue weighted by molar-refractivity contribution is -0.136. The van der Waals surface area contributed by atoms with Crippen LogP contribution in [-0.2, 0) is 20.9 Å². The number of nitrogens with one attached hydrogen (secondary N) is 4. The molecule has 2 aromatic carbocycles. The molecule has 5 amide bonds. The van der Waals surface area contributed by atoms with Gasteiger partial charge in [0.2, 0.25) is 29.6 Å². The molecule has 1 fully saturated rings. The first kappa shape index (κ1) is 39.8. The molecule has 0 bridgehead atoms. The highest BCUT2D eigenvalue weighted by molar-refractivity contribution is 6.24. The summed E-state index contributed by atoms with van der Waals surface area (Å²) >= 11 is 0. The molecule has 4 aromatic rings. The van der Waals surface area contributed by atoms with E-state index in [4.69, 9.17) is 4.74 Å². The van der Waals surface area contributed by atoms with Crippen molar-refractivity contribution in [2.45, 2.75) is 103 Å². The van der Waals surface area contributed by atoms with Crippen LogP contribution in [0.1, 0.15) is 116 Å². The van der Waals surface area contributed by atoms with Gasteiger partial charge in [-0.05, 0) is 61.4 Å². The first-order chi connectivity index (χ1) is 27.1. The van der Waals surface area contributed by atoms with Gasteiger partial charge in [0.25, 0.3) is 11.8 Å². The number of benzene rings is 2. The maximum atomic E-state index is 13.2. The Morgan fingerprint density at radius 1 is 1.00 bits per heavy atom. The summed E-state index contributed by atoms with van der Waals surface area (Å²) in [6, 6.07) is 11.2. The molecule has 2 aromatic heterocycles. The highest BCUT2D eigenvalue weighted by Gasteiger charge is 2.46. The van der Waals surface area contributed by atoms with E-state index in [0.29, 0.717) is 48.6 Å². The van der Waals surface area contributed by atoms with Crippen LogP contribution in [-0.4, -0.2) is 84.4 Å². The number of nitrogens with zero attached hydrogens (tertiary/aromatic N) is 5. The van der Waals surface area contributed by atoms with Crippen molar-refractivity contribution >= 4 is 52.8 Å². The zero-order valence-electron chi connectivity index (χ0n) is 32.0. The van der Waals surface area contributed by atoms with Crippen molar-refractivity contribution < 1.29 is 33.8 Å². The van der Waals surface area contributed by atoms with Crippen LogP contribution in [0.2, 0.25) is 0 Å². The molecule has 4 heterocycles. The van der Waals surface area contributed by atoms with Crippen molar-refractivity contribution in [1.29, 1.82) is 0 Å². The summed E-state index contributed by atoms with van der Waals surface area (Å²) in [5.41, 5.74) is 3.72. The number of aromatic nitrogens is 4. The van der Waals surface area contributed by atoms with Gasteiger partial charge in [-0.1, -0.05) is 58.2 Å². The zero-order chi connectivity index (χ0) is 39.8. The molecular weight excluding hydrogens is 718 g/mol. The van der Waals surface area contributed by atoms with Crippen molar-refractivity contribution in [1.82, 2.24) is 29.8 Å². The van der Waals surface area contributed by atoms with Crippen LogP contribution in [0.25, 0.3) is 5.65 Å². The molecule has 0 radical (unpaired) electrons. The molecular formula is C40H49N9O7. The molecule has 6 rings (SSSR count). The number of hydrogen-bond donors (Lipinski definition) is 5. The van der Waals surface area contributed by atoms with Crippen molar-refractivity contribution in [2.24, 2.45) is 0 Å². The Morgan fingerprint density at radius 3 is 2.50 bits per heavy atom. The minimum atomic E-state index is -1.03. The molecule has 5 N–H and O–H groups in total. The van der Waals surface area contributed by atoms with Gasteiger partial charge in [-0.15, -0.1) is 0 Å². The van der Waals surface area contributed by atoms with Gasteiger partial charge in [-0.25, -0.2) is 0 Å². The molecule has 2 aliphatic rings. The summed E-state index contributed by atoms with van der Waals surface area (Å²) in [6.45, 7) is 6.93. The van der Waals surface area contributed by atoms with E-state index in [-0.39, 0.29) is 48.4 Å². The number of imide groups is 2. The lowest BCUT2D eigenvalue weighted by atomic mass is 10.0. The van der Waals surface area contributed by atoms with Gasteiger partial charge in [-0.3, -0.25) is 34.2 Å². The second-order valence-corrected chi connectivity index (χ2v) is 14.4. The molecule has 16 nitrogen and oxygen atoms in total. The van der Waals surface area contributed by atoms with E-state index in [0.717, 1.165) is 54.6 Å². The van der Waals surface area contributed by atoms with E-state index in [2.05, 4.69) is 50.2 Å². The summed E-state index contributed by atoms with van der Waals surface area (Å²) < 4.78 is 7.60. The van der Waals surface area contributed by atoms with Crippen molar-refractivity contribution in [3.05, 3.63) is 70.9 Å². The third-order valence-electron chi connectivity index (χ3n) is 9.99. The number of hydrogen-bond acceptors (Lipinski definition) is 12. The highest BCUT2D eigenvalue weighted by Crippen LogP contribution is 2.34. The predicted octanol–water partition coefficient (Wildman–Crippen LogP) is 4.80. The molecule has 296 valence electrons. The fourth-order valence-corrected chi connectivity index (χ4v) is 6.75. The third-order valence-corrected chi connectivity index (χ3v) is 9.99. The van der Waals surface area contributed by atoms with E-state index in [1.807, 2.05) is 31.2 Å². The molecule has 0 spiro atoms. The first-order valence-electron chi connectivity index (χ1n) is 19.3. The van der Waals surface area contributed by atoms with Crippen molar-refractivity contribution in [3.8, 4) is 5.75 Å². The van der Waals surface area contributed by atoms with Crippen LogP contribution in [0.4, 0.5) is 17.6 Å². The van der Waals surface area contributed by atoms with Crippen LogP contribution in [0.3, 0.4) is 0 Å². The summed E-state index contributed by atoms with van der Waals surface area (Å²) in [5, 5.41) is 25.9. The van der Waals surface area contributed by atoms with Crippen molar-refractivity contribution in [2.75, 3.05) is 29.2 Å². The average molecular weight is 768 g/mol. The van der Waals surface area contributed by atoms with Crippen LogP contribution in [0, 0.1) is 0 Å². The molecule has 2 atom stereocenters. The van der Waals surface area contributed by atoms with Gasteiger partial charge in [0.15, 0.2) is 5.65 Å². The molecule has 2 aliphatic heterocycles. The summed E-state index contributed by atoms with van der Waals surface area (Å²) in [6.07, 6.45) is 7.16. The number of carbonyl (C=O) groups is 5. The Hall–Kier alpha value is -5.90. The Labute approximate surface area is 324 Å². The molecule has 56 heavy (non-hydrogen) atoms. The van der Waals surface area contributed by atoms with E-state index in [9.17, 15) is 29.1 Å². The minimum Gasteiger partial charge on any atom is -0.493 e. The number of aliphatic hydroxyl groups excluding tert-OH is 1. The Kier molecular flexibility index (Phi) is 12.9. The largest absolute Gasteiger partial charge is 0.493 e. The highest BCUT2D eigenvalue weighted by atomic mass is 16.5. The van der Waals surface area contributed by atoms with Crippen LogP contribution >= 0.6 is 0 Å². The standard InChI is InChI=1S/C40H49N9O7/c1-4-26(23-50)44-39-46-35-29(24(2)3)22-42-49(35)40(47-39)41-21-25-14-16-27(17-15-25)43-32(51)13-8-6-5-7-9-20-56-31-12-10-11-28-34(31)38(55)48(37(28)54)30-18-19-33(52)45-36(30)53/h10-12,14-17,22,24,26,30,50H,4-9,13,18-21,23H2,1-3H3,(H,43,51)(H,45,52,53)(H2,41,44,46,47)/t26-,30?/m1/s1. The number of rotatable bonds is 19. The van der Waals surface area contributed by atoms with Gasteiger partial charge < -0.3 is 25.8 Å². The van der Waals surface area contributed by atoms with Gasteiger partial charge in [0.1, 0.15) is 11.8 Å². The summed E-state index contributed by atoms with van der Waals surface area (Å²) in [5.74, 6) is -0.836. The Bertz CT molecular complexity index is 2080. The molecule has 0 saturated carbocycles. The summed E-state index contributed by atoms with van der Waals surface area (Å²) in [7, 11) is 0. The monoisotopic (exact) mass is 767 g/mol. The van der Waals surface area contributed by atoms with Gasteiger partial charge in [-0.2, -0.15) is 19.6 Å². The molecule has 1 saturated heterocycles. The number of fused-ring (bicyclic) bond motifs is 2. The van der Waals surface area contributed by atoms with E-state index in [1.165, 1.54) is 6.07 Å². The zero-order valence-corrected chi connectivity index (χ0v) is 32.0. The second-order valence-electron chi connectivity index (χ2n) is 14.4. The van der Waals surface area contributed by atoms with Gasteiger partial charge in [0.05, 0.1) is 36.6 Å². The number of carbonyl (C=O) groups excluding carboxylic acids is 5. The molecule has 16 heteroatoms. The third kappa shape index (κ3) is 9.13. The fourth-order valence-electron chi connectivity index (χ4n) is 6.75. The van der Waals surface area contributed by atoms with Crippen molar-refractivity contribution in [3.63, 3.8) is 0 Å². The SMILES string of the molecule is CC[C@H](CO)Nc1nc(NCc2ccc(NC(=O)CCCCCCCOc3cccc4c3C(=O)N(C3CCC(=O)NC3=O)C4=O)cc2)n2ncc(C(C)C)c2n1. The van der Waals surface area contributed by atoms with E-state index in [1.54, 1.807) is 22.8 Å². The average Bonchev–Trinajstić information content (AvgIpc) is 3.73. The second kappa shape index (κ2) is 18.2. The minimum absolute atomic E-state index is 0.0310. The van der Waals surface area contributed by atoms with Gasteiger partial charge in [0, 0.05) is 30.6 Å². The maximum Gasteiger partial charge on any atom is 0.266 e. The quantitative estimate of drug-likeness (QED) is 0.0644. The van der Waals surface area contributed by atoms with E-state index >= 15 is 0 Å². The molecule has 0 aliphatic carbocycles. The van der Waals surface area contributed by atoms with Gasteiger partial charge >= 0.3 is 0 Å². The topological polar surface area (TPSA) is 209 Å². The number of ether oxygens (including phenoxy) is 1. The fraction of sp³-hybridized carbons (Fsp3) is 0.450. The van der Waals surface area contributed by atoms with Crippen LogP contribution in [0.5, 0.6) is 5.75 Å². The first-order valence-corrected chi connectivity index (χ1v) is 19.3. The number of amides is 5.